The van der Waals surface area contributed by atoms with E-state index in [9.17, 15) is 18.0 Å². The van der Waals surface area contributed by atoms with Gasteiger partial charge in [0, 0.05) is 5.56 Å². The Labute approximate surface area is 106 Å². The molecule has 1 aromatic carbocycles. The Balaban J connectivity index is 2.95. The number of aryl methyl sites for hydroxylation is 2. The fourth-order valence-corrected chi connectivity index (χ4v) is 1.86. The quantitative estimate of drug-likeness (QED) is 0.827. The highest BCUT2D eigenvalue weighted by molar-refractivity contribution is 7.27. The fourth-order valence-electron chi connectivity index (χ4n) is 1.39. The van der Waals surface area contributed by atoms with Crippen molar-refractivity contribution in [2.75, 3.05) is 0 Å². The van der Waals surface area contributed by atoms with Crippen LogP contribution in [0.25, 0.3) is 0 Å². The zero-order chi connectivity index (χ0) is 14.1. The van der Waals surface area contributed by atoms with Gasteiger partial charge in [-0.25, -0.2) is 0 Å². The van der Waals surface area contributed by atoms with Gasteiger partial charge in [0.1, 0.15) is 6.04 Å². The first-order valence-electron chi connectivity index (χ1n) is 5.37. The van der Waals surface area contributed by atoms with Crippen molar-refractivity contribution in [2.24, 2.45) is 0 Å². The van der Waals surface area contributed by atoms with Gasteiger partial charge in [-0.1, -0.05) is 6.07 Å². The highest BCUT2D eigenvalue weighted by Gasteiger charge is 2.37. The van der Waals surface area contributed by atoms with E-state index in [1.807, 2.05) is 19.2 Å². The Bertz CT molecular complexity index is 471. The summed E-state index contributed by atoms with van der Waals surface area (Å²) in [5, 5.41) is 2.53. The molecule has 0 saturated heterocycles. The van der Waals surface area contributed by atoms with Crippen LogP contribution in [0.3, 0.4) is 0 Å². The molecule has 1 amide bonds. The zero-order valence-corrected chi connectivity index (χ0v) is 11.5. The standard InChI is InChI=1S/C12H15F3NOP/c1-6-4-9(10(18)5-7(6)2)11(17)16-8(3)12(13,14)15/h4-5,8H,18H2,1-3H3,(H,16,17). The molecule has 0 fully saturated rings. The average molecular weight is 277 g/mol. The third-order valence-corrected chi connectivity index (χ3v) is 3.23. The Morgan fingerprint density at radius 3 is 2.28 bits per heavy atom. The van der Waals surface area contributed by atoms with Gasteiger partial charge in [0.2, 0.25) is 0 Å². The molecule has 18 heavy (non-hydrogen) atoms. The SMILES string of the molecule is Cc1cc(P)c(C(=O)NC(C)C(F)(F)F)cc1C. The zero-order valence-electron chi connectivity index (χ0n) is 10.4. The first kappa shape index (κ1) is 15.0. The van der Waals surface area contributed by atoms with Crippen molar-refractivity contribution in [3.05, 3.63) is 28.8 Å². The van der Waals surface area contributed by atoms with Crippen LogP contribution in [0.15, 0.2) is 12.1 Å². The monoisotopic (exact) mass is 277 g/mol. The third-order valence-electron chi connectivity index (χ3n) is 2.75. The van der Waals surface area contributed by atoms with E-state index in [0.29, 0.717) is 5.30 Å². The van der Waals surface area contributed by atoms with E-state index in [0.717, 1.165) is 18.1 Å². The molecule has 1 rings (SSSR count). The molecule has 2 atom stereocenters. The average Bonchev–Trinajstić information content (AvgIpc) is 2.21. The number of rotatable bonds is 2. The number of carbonyl (C=O) groups is 1. The highest BCUT2D eigenvalue weighted by Crippen LogP contribution is 2.20. The fraction of sp³-hybridized carbons (Fsp3) is 0.417. The highest BCUT2D eigenvalue weighted by atomic mass is 31.0. The van der Waals surface area contributed by atoms with E-state index in [-0.39, 0.29) is 5.56 Å². The molecule has 100 valence electrons. The molecule has 6 heteroatoms. The lowest BCUT2D eigenvalue weighted by molar-refractivity contribution is -0.149. The lowest BCUT2D eigenvalue weighted by Crippen LogP contribution is -2.43. The van der Waals surface area contributed by atoms with Crippen LogP contribution in [0.4, 0.5) is 13.2 Å². The summed E-state index contributed by atoms with van der Waals surface area (Å²) < 4.78 is 37.0. The van der Waals surface area contributed by atoms with Crippen molar-refractivity contribution < 1.29 is 18.0 Å². The predicted octanol–water partition coefficient (Wildman–Crippen LogP) is 2.48. The Kier molecular flexibility index (Phi) is 4.38. The maximum Gasteiger partial charge on any atom is 0.408 e. The molecule has 0 heterocycles. The summed E-state index contributed by atoms with van der Waals surface area (Å²) in [5.74, 6) is -0.715. The predicted molar refractivity (Wildman–Crippen MR) is 68.2 cm³/mol. The van der Waals surface area contributed by atoms with Crippen molar-refractivity contribution in [3.63, 3.8) is 0 Å². The number of benzene rings is 1. The normalized spacial score (nSPS) is 13.3. The second kappa shape index (κ2) is 5.27. The van der Waals surface area contributed by atoms with E-state index >= 15 is 0 Å². The molecule has 2 nitrogen and oxygen atoms in total. The van der Waals surface area contributed by atoms with Crippen LogP contribution in [-0.2, 0) is 0 Å². The molecule has 0 aliphatic rings. The minimum atomic E-state index is -4.43. The summed E-state index contributed by atoms with van der Waals surface area (Å²) in [4.78, 5) is 11.8. The van der Waals surface area contributed by atoms with E-state index in [1.165, 1.54) is 0 Å². The van der Waals surface area contributed by atoms with Crippen LogP contribution >= 0.6 is 9.24 Å². The molecule has 0 spiro atoms. The van der Waals surface area contributed by atoms with E-state index in [1.54, 1.807) is 12.1 Å². The van der Waals surface area contributed by atoms with Gasteiger partial charge in [0.25, 0.3) is 5.91 Å². The minimum Gasteiger partial charge on any atom is -0.341 e. The molecule has 0 saturated carbocycles. The molecular weight excluding hydrogens is 262 g/mol. The molecule has 0 aromatic heterocycles. The minimum absolute atomic E-state index is 0.249. The number of carbonyl (C=O) groups excluding carboxylic acids is 1. The molecule has 1 aromatic rings. The van der Waals surface area contributed by atoms with Crippen molar-refractivity contribution >= 4 is 20.5 Å². The lowest BCUT2D eigenvalue weighted by atomic mass is 10.1. The number of hydrogen-bond acceptors (Lipinski definition) is 1. The molecule has 0 aliphatic heterocycles. The van der Waals surface area contributed by atoms with Crippen LogP contribution < -0.4 is 10.6 Å². The van der Waals surface area contributed by atoms with Gasteiger partial charge >= 0.3 is 6.18 Å². The van der Waals surface area contributed by atoms with Gasteiger partial charge in [-0.05, 0) is 43.3 Å². The van der Waals surface area contributed by atoms with Crippen LogP contribution in [0, 0.1) is 13.8 Å². The molecule has 0 aliphatic carbocycles. The molecule has 1 N–H and O–H groups in total. The summed E-state index contributed by atoms with van der Waals surface area (Å²) in [7, 11) is 2.36. The summed E-state index contributed by atoms with van der Waals surface area (Å²) in [6, 6.07) is 1.49. The van der Waals surface area contributed by atoms with Crippen molar-refractivity contribution in [1.82, 2.24) is 5.32 Å². The van der Waals surface area contributed by atoms with E-state index < -0.39 is 18.1 Å². The van der Waals surface area contributed by atoms with Gasteiger partial charge < -0.3 is 5.32 Å². The van der Waals surface area contributed by atoms with Crippen molar-refractivity contribution in [2.45, 2.75) is 33.0 Å². The number of hydrogen-bond donors (Lipinski definition) is 1. The van der Waals surface area contributed by atoms with E-state index in [4.69, 9.17) is 0 Å². The number of amides is 1. The summed E-state index contributed by atoms with van der Waals surface area (Å²) in [5.41, 5.74) is 2.10. The first-order valence-corrected chi connectivity index (χ1v) is 5.95. The van der Waals surface area contributed by atoms with Gasteiger partial charge in [-0.3, -0.25) is 4.79 Å². The third kappa shape index (κ3) is 3.45. The smallest absolute Gasteiger partial charge is 0.341 e. The molecule has 2 unspecified atom stereocenters. The van der Waals surface area contributed by atoms with Crippen LogP contribution in [-0.4, -0.2) is 18.1 Å². The first-order chi connectivity index (χ1) is 8.12. The number of alkyl halides is 3. The summed E-state index contributed by atoms with van der Waals surface area (Å²) in [6.07, 6.45) is -4.43. The van der Waals surface area contributed by atoms with Crippen LogP contribution in [0.2, 0.25) is 0 Å². The largest absolute Gasteiger partial charge is 0.408 e. The maximum atomic E-state index is 12.3. The van der Waals surface area contributed by atoms with Crippen LogP contribution in [0.5, 0.6) is 0 Å². The van der Waals surface area contributed by atoms with Crippen LogP contribution in [0.1, 0.15) is 28.4 Å². The second-order valence-electron chi connectivity index (χ2n) is 4.26. The molecule has 0 radical (unpaired) electrons. The Morgan fingerprint density at radius 2 is 1.78 bits per heavy atom. The van der Waals surface area contributed by atoms with Crippen molar-refractivity contribution in [3.8, 4) is 0 Å². The second-order valence-corrected chi connectivity index (χ2v) is 4.88. The van der Waals surface area contributed by atoms with Gasteiger partial charge in [0.15, 0.2) is 0 Å². The van der Waals surface area contributed by atoms with Crippen molar-refractivity contribution in [1.29, 1.82) is 0 Å². The van der Waals surface area contributed by atoms with E-state index in [2.05, 4.69) is 9.24 Å². The topological polar surface area (TPSA) is 29.1 Å². The molecule has 0 bridgehead atoms. The lowest BCUT2D eigenvalue weighted by Gasteiger charge is -2.18. The number of nitrogens with one attached hydrogen (secondary N) is 1. The summed E-state index contributed by atoms with van der Waals surface area (Å²) in [6.45, 7) is 4.60. The Hall–Kier alpha value is -1.09. The number of halogens is 3. The summed E-state index contributed by atoms with van der Waals surface area (Å²) >= 11 is 0. The van der Waals surface area contributed by atoms with Gasteiger partial charge in [0.05, 0.1) is 0 Å². The Morgan fingerprint density at radius 1 is 1.28 bits per heavy atom. The maximum absolute atomic E-state index is 12.3. The molecular formula is C12H15F3NOP. The van der Waals surface area contributed by atoms with Gasteiger partial charge in [-0.2, -0.15) is 13.2 Å². The van der Waals surface area contributed by atoms with Gasteiger partial charge in [-0.15, -0.1) is 9.24 Å².